The third-order valence-corrected chi connectivity index (χ3v) is 1.67. The predicted octanol–water partition coefficient (Wildman–Crippen LogP) is 0.561. The lowest BCUT2D eigenvalue weighted by atomic mass is 10.3. The van der Waals surface area contributed by atoms with Crippen LogP contribution >= 0.6 is 0 Å². The molecular formula is C10H22O4. The maximum absolute atomic E-state index is 8.92. The summed E-state index contributed by atoms with van der Waals surface area (Å²) in [4.78, 5) is 0. The highest BCUT2D eigenvalue weighted by atomic mass is 16.5. The molecule has 0 saturated heterocycles. The van der Waals surface area contributed by atoms with Crippen LogP contribution in [-0.4, -0.2) is 48.8 Å². The standard InChI is InChI=1S/C10H22O4/c1-9(12)7-13-8-10(2)14-6-4-3-5-11/h9-12H,3-8H2,1-2H3. The van der Waals surface area contributed by atoms with E-state index in [4.69, 9.17) is 19.7 Å². The Bertz CT molecular complexity index is 117. The number of hydrogen-bond donors (Lipinski definition) is 2. The van der Waals surface area contributed by atoms with E-state index in [1.807, 2.05) is 6.92 Å². The van der Waals surface area contributed by atoms with Crippen LogP contribution in [0.4, 0.5) is 0 Å². The SMILES string of the molecule is CC(O)COCC(C)OCCCCO. The monoisotopic (exact) mass is 206 g/mol. The fraction of sp³-hybridized carbons (Fsp3) is 1.00. The van der Waals surface area contributed by atoms with Crippen LogP contribution in [0.15, 0.2) is 0 Å². The summed E-state index contributed by atoms with van der Waals surface area (Å²) in [5.41, 5.74) is 0. The molecule has 0 aliphatic heterocycles. The lowest BCUT2D eigenvalue weighted by Crippen LogP contribution is -2.20. The molecule has 2 atom stereocenters. The van der Waals surface area contributed by atoms with Gasteiger partial charge in [-0.1, -0.05) is 0 Å². The summed E-state index contributed by atoms with van der Waals surface area (Å²) in [6.45, 7) is 5.35. The molecule has 0 aromatic rings. The normalized spacial score (nSPS) is 15.4. The molecule has 2 unspecified atom stereocenters. The zero-order chi connectivity index (χ0) is 10.8. The Kier molecular flexibility index (Phi) is 9.29. The minimum Gasteiger partial charge on any atom is -0.396 e. The van der Waals surface area contributed by atoms with E-state index in [-0.39, 0.29) is 12.7 Å². The lowest BCUT2D eigenvalue weighted by molar-refractivity contribution is -0.0295. The van der Waals surface area contributed by atoms with Crippen LogP contribution in [0.3, 0.4) is 0 Å². The number of rotatable bonds is 9. The van der Waals surface area contributed by atoms with Crippen LogP contribution in [0.25, 0.3) is 0 Å². The molecule has 0 aliphatic carbocycles. The number of unbranched alkanes of at least 4 members (excludes halogenated alkanes) is 1. The van der Waals surface area contributed by atoms with Gasteiger partial charge in [-0.2, -0.15) is 0 Å². The van der Waals surface area contributed by atoms with Crippen LogP contribution < -0.4 is 0 Å². The molecule has 0 heterocycles. The second-order valence-corrected chi connectivity index (χ2v) is 3.50. The molecule has 0 spiro atoms. The highest BCUT2D eigenvalue weighted by molar-refractivity contribution is 4.49. The number of aliphatic hydroxyl groups excluding tert-OH is 2. The molecule has 2 N–H and O–H groups in total. The molecule has 0 amide bonds. The van der Waals surface area contributed by atoms with E-state index >= 15 is 0 Å². The van der Waals surface area contributed by atoms with Crippen LogP contribution in [0, 0.1) is 0 Å². The van der Waals surface area contributed by atoms with Crippen LogP contribution in [-0.2, 0) is 9.47 Å². The Balaban J connectivity index is 3.15. The molecule has 0 bridgehead atoms. The first-order chi connectivity index (χ1) is 6.66. The van der Waals surface area contributed by atoms with Crippen molar-refractivity contribution < 1.29 is 19.7 Å². The van der Waals surface area contributed by atoms with Crippen molar-refractivity contribution in [2.45, 2.75) is 38.9 Å². The fourth-order valence-corrected chi connectivity index (χ4v) is 0.951. The van der Waals surface area contributed by atoms with Crippen molar-refractivity contribution in [1.82, 2.24) is 0 Å². The van der Waals surface area contributed by atoms with Crippen molar-refractivity contribution in [2.75, 3.05) is 26.4 Å². The number of ether oxygens (including phenoxy) is 2. The summed E-state index contributed by atoms with van der Waals surface area (Å²) in [5, 5.41) is 17.4. The second-order valence-electron chi connectivity index (χ2n) is 3.50. The highest BCUT2D eigenvalue weighted by Gasteiger charge is 2.03. The molecule has 4 heteroatoms. The van der Waals surface area contributed by atoms with Crippen LogP contribution in [0.5, 0.6) is 0 Å². The summed E-state index contributed by atoms with van der Waals surface area (Å²) in [6, 6.07) is 0. The average Bonchev–Trinajstić information content (AvgIpc) is 2.12. The molecule has 86 valence electrons. The van der Waals surface area contributed by atoms with Gasteiger partial charge in [0.15, 0.2) is 0 Å². The first kappa shape index (κ1) is 13.8. The van der Waals surface area contributed by atoms with Crippen LogP contribution in [0.1, 0.15) is 26.7 Å². The maximum atomic E-state index is 8.92. The largest absolute Gasteiger partial charge is 0.396 e. The van der Waals surface area contributed by atoms with Crippen molar-refractivity contribution in [1.29, 1.82) is 0 Å². The van der Waals surface area contributed by atoms with E-state index in [0.717, 1.165) is 12.8 Å². The molecule has 0 rings (SSSR count). The quantitative estimate of drug-likeness (QED) is 0.541. The molecule has 14 heavy (non-hydrogen) atoms. The smallest absolute Gasteiger partial charge is 0.0780 e. The van der Waals surface area contributed by atoms with E-state index < -0.39 is 6.10 Å². The van der Waals surface area contributed by atoms with Gasteiger partial charge in [0.1, 0.15) is 0 Å². The van der Waals surface area contributed by atoms with Gasteiger partial charge in [-0.05, 0) is 26.7 Å². The zero-order valence-electron chi connectivity index (χ0n) is 9.11. The Labute approximate surface area is 85.8 Å². The van der Waals surface area contributed by atoms with E-state index in [1.54, 1.807) is 6.92 Å². The maximum Gasteiger partial charge on any atom is 0.0780 e. The Hall–Kier alpha value is -0.160. The molecule has 0 radical (unpaired) electrons. The fourth-order valence-electron chi connectivity index (χ4n) is 0.951. The molecule has 0 saturated carbocycles. The average molecular weight is 206 g/mol. The van der Waals surface area contributed by atoms with Crippen molar-refractivity contribution in [3.05, 3.63) is 0 Å². The Morgan fingerprint density at radius 3 is 2.43 bits per heavy atom. The third-order valence-electron chi connectivity index (χ3n) is 1.67. The molecule has 0 aromatic carbocycles. The van der Waals surface area contributed by atoms with E-state index in [2.05, 4.69) is 0 Å². The summed E-state index contributed by atoms with van der Waals surface area (Å²) >= 11 is 0. The van der Waals surface area contributed by atoms with Gasteiger partial charge in [0.05, 0.1) is 25.4 Å². The van der Waals surface area contributed by atoms with E-state index in [0.29, 0.717) is 19.8 Å². The van der Waals surface area contributed by atoms with E-state index in [9.17, 15) is 0 Å². The summed E-state index contributed by atoms with van der Waals surface area (Å²) < 4.78 is 10.6. The van der Waals surface area contributed by atoms with Gasteiger partial charge in [-0.15, -0.1) is 0 Å². The first-order valence-corrected chi connectivity index (χ1v) is 5.15. The van der Waals surface area contributed by atoms with E-state index in [1.165, 1.54) is 0 Å². The molecule has 4 nitrogen and oxygen atoms in total. The lowest BCUT2D eigenvalue weighted by Gasteiger charge is -2.13. The second kappa shape index (κ2) is 9.40. The van der Waals surface area contributed by atoms with Crippen molar-refractivity contribution >= 4 is 0 Å². The van der Waals surface area contributed by atoms with Gasteiger partial charge >= 0.3 is 0 Å². The summed E-state index contributed by atoms with van der Waals surface area (Å²) in [5.74, 6) is 0. The van der Waals surface area contributed by atoms with Crippen molar-refractivity contribution in [3.8, 4) is 0 Å². The van der Waals surface area contributed by atoms with Gasteiger partial charge < -0.3 is 19.7 Å². The van der Waals surface area contributed by atoms with Crippen molar-refractivity contribution in [3.63, 3.8) is 0 Å². The van der Waals surface area contributed by atoms with Gasteiger partial charge in [-0.25, -0.2) is 0 Å². The molecular weight excluding hydrogens is 184 g/mol. The third kappa shape index (κ3) is 9.92. The highest BCUT2D eigenvalue weighted by Crippen LogP contribution is 1.96. The van der Waals surface area contributed by atoms with Gasteiger partial charge in [0, 0.05) is 13.2 Å². The minimum absolute atomic E-state index is 0.0486. The van der Waals surface area contributed by atoms with Gasteiger partial charge in [0.25, 0.3) is 0 Å². The summed E-state index contributed by atoms with van der Waals surface area (Å²) in [6.07, 6.45) is 1.28. The predicted molar refractivity (Wildman–Crippen MR) is 54.2 cm³/mol. The summed E-state index contributed by atoms with van der Waals surface area (Å²) in [7, 11) is 0. The molecule has 0 aromatic heterocycles. The molecule has 0 aliphatic rings. The van der Waals surface area contributed by atoms with Crippen molar-refractivity contribution in [2.24, 2.45) is 0 Å². The first-order valence-electron chi connectivity index (χ1n) is 5.15. The number of aliphatic hydroxyl groups is 2. The van der Waals surface area contributed by atoms with Crippen LogP contribution in [0.2, 0.25) is 0 Å². The van der Waals surface area contributed by atoms with Gasteiger partial charge in [0.2, 0.25) is 0 Å². The Morgan fingerprint density at radius 2 is 1.86 bits per heavy atom. The van der Waals surface area contributed by atoms with Gasteiger partial charge in [-0.3, -0.25) is 0 Å². The number of hydrogen-bond acceptors (Lipinski definition) is 4. The molecule has 0 fully saturated rings. The minimum atomic E-state index is -0.420. The Morgan fingerprint density at radius 1 is 1.14 bits per heavy atom. The zero-order valence-corrected chi connectivity index (χ0v) is 9.11. The topological polar surface area (TPSA) is 58.9 Å².